The van der Waals surface area contributed by atoms with E-state index < -0.39 is 0 Å². The fraction of sp³-hybridized carbons (Fsp3) is 0.357. The quantitative estimate of drug-likeness (QED) is 0.456. The summed E-state index contributed by atoms with van der Waals surface area (Å²) in [4.78, 5) is 11.2. The van der Waals surface area contributed by atoms with Gasteiger partial charge in [-0.15, -0.1) is 0 Å². The second kappa shape index (κ2) is 6.09. The van der Waals surface area contributed by atoms with E-state index in [1.807, 2.05) is 32.0 Å². The molecule has 0 radical (unpaired) electrons. The molecule has 0 aromatic heterocycles. The Morgan fingerprint density at radius 2 is 2.06 bits per heavy atom. The second-order valence-electron chi connectivity index (χ2n) is 3.81. The Balaban J connectivity index is 2.77. The zero-order chi connectivity index (χ0) is 12.8. The molecule has 0 saturated carbocycles. The summed E-state index contributed by atoms with van der Waals surface area (Å²) in [5, 5.41) is 0. The molecular weight excluding hydrogens is 216 g/mol. The van der Waals surface area contributed by atoms with Gasteiger partial charge in [0.25, 0.3) is 0 Å². The number of aryl methyl sites for hydroxylation is 1. The van der Waals surface area contributed by atoms with Gasteiger partial charge in [0.2, 0.25) is 0 Å². The highest BCUT2D eigenvalue weighted by Gasteiger charge is 2.04. The third-order valence-electron chi connectivity index (χ3n) is 2.43. The number of ether oxygens (including phenoxy) is 2. The smallest absolute Gasteiger partial charge is 0.334 e. The van der Waals surface area contributed by atoms with Gasteiger partial charge in [-0.25, -0.2) is 4.79 Å². The van der Waals surface area contributed by atoms with Crippen molar-refractivity contribution in [2.24, 2.45) is 0 Å². The third kappa shape index (κ3) is 3.94. The Kier molecular flexibility index (Phi) is 4.76. The summed E-state index contributed by atoms with van der Waals surface area (Å²) in [5.74, 6) is 0.913. The minimum absolute atomic E-state index is 0.367. The monoisotopic (exact) mass is 234 g/mol. The molecule has 0 heterocycles. The Morgan fingerprint density at radius 1 is 1.35 bits per heavy atom. The first-order chi connectivity index (χ1) is 8.04. The molecule has 0 fully saturated rings. The summed E-state index contributed by atoms with van der Waals surface area (Å²) in [6.45, 7) is 7.88. The molecule has 1 rings (SSSR count). The highest BCUT2D eigenvalue weighted by molar-refractivity contribution is 5.82. The van der Waals surface area contributed by atoms with E-state index in [1.165, 1.54) is 6.08 Å². The lowest BCUT2D eigenvalue weighted by atomic mass is 10.1. The Labute approximate surface area is 102 Å². The van der Waals surface area contributed by atoms with Crippen LogP contribution in [0.5, 0.6) is 5.75 Å². The molecule has 0 aliphatic rings. The molecule has 3 nitrogen and oxygen atoms in total. The second-order valence-corrected chi connectivity index (χ2v) is 3.81. The van der Waals surface area contributed by atoms with Gasteiger partial charge in [0.05, 0.1) is 12.7 Å². The van der Waals surface area contributed by atoms with Crippen LogP contribution in [-0.2, 0) is 9.53 Å². The minimum atomic E-state index is -0.379. The summed E-state index contributed by atoms with van der Waals surface area (Å²) in [7, 11) is 0. The number of carbonyl (C=O) groups excluding carboxylic acids is 1. The molecule has 0 aliphatic heterocycles. The van der Waals surface area contributed by atoms with E-state index in [-0.39, 0.29) is 5.97 Å². The molecule has 0 saturated heterocycles. The number of hydrogen-bond acceptors (Lipinski definition) is 3. The molecule has 92 valence electrons. The van der Waals surface area contributed by atoms with Gasteiger partial charge in [0.1, 0.15) is 11.5 Å². The molecule has 3 heteroatoms. The number of hydrogen-bond donors (Lipinski definition) is 0. The van der Waals surface area contributed by atoms with E-state index in [0.717, 1.165) is 16.9 Å². The fourth-order valence-electron chi connectivity index (χ4n) is 1.39. The molecule has 0 bridgehead atoms. The van der Waals surface area contributed by atoms with Gasteiger partial charge in [-0.2, -0.15) is 0 Å². The number of esters is 1. The minimum Gasteiger partial charge on any atom is -0.463 e. The maximum atomic E-state index is 11.2. The van der Waals surface area contributed by atoms with Gasteiger partial charge >= 0.3 is 5.97 Å². The standard InChI is InChI=1S/C14H18O3/c1-5-16-14(15)9-11(3)17-13-8-6-7-10(2)12(13)4/h6-9H,5H2,1-4H3/b11-9-. The summed E-state index contributed by atoms with van der Waals surface area (Å²) in [5.41, 5.74) is 2.23. The van der Waals surface area contributed by atoms with Crippen LogP contribution in [0.1, 0.15) is 25.0 Å². The Morgan fingerprint density at radius 3 is 2.71 bits per heavy atom. The number of allylic oxidation sites excluding steroid dienone is 1. The van der Waals surface area contributed by atoms with Crippen LogP contribution < -0.4 is 4.74 Å². The van der Waals surface area contributed by atoms with E-state index in [2.05, 4.69) is 0 Å². The molecule has 0 amide bonds. The lowest BCUT2D eigenvalue weighted by Crippen LogP contribution is -2.03. The number of carbonyl (C=O) groups is 1. The van der Waals surface area contributed by atoms with Crippen molar-refractivity contribution in [3.05, 3.63) is 41.2 Å². The zero-order valence-corrected chi connectivity index (χ0v) is 10.7. The van der Waals surface area contributed by atoms with Crippen molar-refractivity contribution in [2.45, 2.75) is 27.7 Å². The molecular formula is C14H18O3. The van der Waals surface area contributed by atoms with E-state index in [0.29, 0.717) is 12.4 Å². The van der Waals surface area contributed by atoms with Crippen LogP contribution in [0.4, 0.5) is 0 Å². The lowest BCUT2D eigenvalue weighted by molar-refractivity contribution is -0.137. The highest BCUT2D eigenvalue weighted by atomic mass is 16.5. The lowest BCUT2D eigenvalue weighted by Gasteiger charge is -2.10. The zero-order valence-electron chi connectivity index (χ0n) is 10.7. The van der Waals surface area contributed by atoms with Gasteiger partial charge in [-0.1, -0.05) is 12.1 Å². The number of benzene rings is 1. The third-order valence-corrected chi connectivity index (χ3v) is 2.43. The largest absolute Gasteiger partial charge is 0.463 e. The summed E-state index contributed by atoms with van der Waals surface area (Å²) in [6, 6.07) is 5.83. The molecule has 1 aromatic carbocycles. The Hall–Kier alpha value is -1.77. The fourth-order valence-corrected chi connectivity index (χ4v) is 1.39. The van der Waals surface area contributed by atoms with E-state index in [1.54, 1.807) is 13.8 Å². The topological polar surface area (TPSA) is 35.5 Å². The molecule has 0 N–H and O–H groups in total. The molecule has 0 spiro atoms. The van der Waals surface area contributed by atoms with Crippen molar-refractivity contribution in [3.8, 4) is 5.75 Å². The first kappa shape index (κ1) is 13.3. The first-order valence-electron chi connectivity index (χ1n) is 5.63. The van der Waals surface area contributed by atoms with Crippen LogP contribution in [-0.4, -0.2) is 12.6 Å². The predicted octanol–water partition coefficient (Wildman–Crippen LogP) is 3.15. The maximum absolute atomic E-state index is 11.2. The van der Waals surface area contributed by atoms with E-state index in [4.69, 9.17) is 9.47 Å². The van der Waals surface area contributed by atoms with Gasteiger partial charge in [0, 0.05) is 0 Å². The highest BCUT2D eigenvalue weighted by Crippen LogP contribution is 2.22. The summed E-state index contributed by atoms with van der Waals surface area (Å²) in [6.07, 6.45) is 1.35. The maximum Gasteiger partial charge on any atom is 0.334 e. The van der Waals surface area contributed by atoms with Gasteiger partial charge in [0.15, 0.2) is 0 Å². The van der Waals surface area contributed by atoms with Crippen molar-refractivity contribution in [1.29, 1.82) is 0 Å². The van der Waals surface area contributed by atoms with Crippen molar-refractivity contribution in [2.75, 3.05) is 6.61 Å². The average Bonchev–Trinajstić information content (AvgIpc) is 2.25. The predicted molar refractivity (Wildman–Crippen MR) is 66.9 cm³/mol. The van der Waals surface area contributed by atoms with Crippen LogP contribution in [0.2, 0.25) is 0 Å². The summed E-state index contributed by atoms with van der Waals surface area (Å²) >= 11 is 0. The summed E-state index contributed by atoms with van der Waals surface area (Å²) < 4.78 is 10.4. The molecule has 1 aromatic rings. The van der Waals surface area contributed by atoms with Gasteiger partial charge < -0.3 is 9.47 Å². The van der Waals surface area contributed by atoms with Crippen LogP contribution in [0.15, 0.2) is 30.0 Å². The average molecular weight is 234 g/mol. The molecule has 17 heavy (non-hydrogen) atoms. The van der Waals surface area contributed by atoms with Crippen LogP contribution >= 0.6 is 0 Å². The van der Waals surface area contributed by atoms with E-state index in [9.17, 15) is 4.79 Å². The first-order valence-corrected chi connectivity index (χ1v) is 5.63. The molecule has 0 unspecified atom stereocenters. The Bertz CT molecular complexity index is 433. The van der Waals surface area contributed by atoms with Gasteiger partial charge in [-0.05, 0) is 44.9 Å². The van der Waals surface area contributed by atoms with E-state index >= 15 is 0 Å². The normalized spacial score (nSPS) is 11.2. The molecule has 0 atom stereocenters. The van der Waals surface area contributed by atoms with Gasteiger partial charge in [-0.3, -0.25) is 0 Å². The molecule has 0 aliphatic carbocycles. The van der Waals surface area contributed by atoms with Crippen molar-refractivity contribution < 1.29 is 14.3 Å². The van der Waals surface area contributed by atoms with Crippen LogP contribution in [0.3, 0.4) is 0 Å². The van der Waals surface area contributed by atoms with Crippen LogP contribution in [0.25, 0.3) is 0 Å². The number of rotatable bonds is 4. The SMILES string of the molecule is CCOC(=O)/C=C(/C)Oc1cccc(C)c1C. The van der Waals surface area contributed by atoms with Crippen molar-refractivity contribution in [1.82, 2.24) is 0 Å². The van der Waals surface area contributed by atoms with Crippen molar-refractivity contribution >= 4 is 5.97 Å². The van der Waals surface area contributed by atoms with Crippen LogP contribution in [0, 0.1) is 13.8 Å². The van der Waals surface area contributed by atoms with Crippen molar-refractivity contribution in [3.63, 3.8) is 0 Å².